The zero-order valence-corrected chi connectivity index (χ0v) is 12.3. The van der Waals surface area contributed by atoms with Gasteiger partial charge in [-0.25, -0.2) is 0 Å². The largest absolute Gasteiger partial charge is 0.324 e. The molecule has 0 bridgehead atoms. The molecule has 2 aromatic rings. The molecule has 0 heterocycles. The van der Waals surface area contributed by atoms with E-state index < -0.39 is 0 Å². The van der Waals surface area contributed by atoms with Gasteiger partial charge in [0.15, 0.2) is 0 Å². The molecule has 3 rings (SSSR count). The maximum atomic E-state index is 6.39. The van der Waals surface area contributed by atoms with Crippen LogP contribution in [0.2, 0.25) is 5.02 Å². The summed E-state index contributed by atoms with van der Waals surface area (Å²) in [5, 5.41) is 0.768. The van der Waals surface area contributed by atoms with E-state index in [1.165, 1.54) is 36.0 Å². The third kappa shape index (κ3) is 2.89. The number of rotatable bonds is 3. The molecule has 2 N–H and O–H groups in total. The average Bonchev–Trinajstić information content (AvgIpc) is 2.48. The molecule has 2 atom stereocenters. The Balaban J connectivity index is 1.77. The Kier molecular flexibility index (Phi) is 4.09. The lowest BCUT2D eigenvalue weighted by molar-refractivity contribution is 0.476. The van der Waals surface area contributed by atoms with Gasteiger partial charge in [-0.3, -0.25) is 0 Å². The minimum Gasteiger partial charge on any atom is -0.324 e. The van der Waals surface area contributed by atoms with Gasteiger partial charge in [-0.05, 0) is 60.4 Å². The third-order valence-corrected chi connectivity index (χ3v) is 4.58. The second-order valence-corrected chi connectivity index (χ2v) is 6.12. The molecule has 0 spiro atoms. The molecule has 2 unspecified atom stereocenters. The van der Waals surface area contributed by atoms with E-state index in [1.807, 2.05) is 24.3 Å². The van der Waals surface area contributed by atoms with Crippen molar-refractivity contribution >= 4 is 11.6 Å². The highest BCUT2D eigenvalue weighted by molar-refractivity contribution is 6.30. The number of halogens is 1. The third-order valence-electron chi connectivity index (χ3n) is 4.33. The molecule has 1 aliphatic carbocycles. The van der Waals surface area contributed by atoms with Crippen LogP contribution in [0.4, 0.5) is 0 Å². The molecule has 0 aromatic heterocycles. The van der Waals surface area contributed by atoms with Gasteiger partial charge in [-0.1, -0.05) is 48.0 Å². The Bertz CT molecular complexity index is 576. The molecular weight excluding hydrogens is 266 g/mol. The van der Waals surface area contributed by atoms with Crippen LogP contribution in [0, 0.1) is 0 Å². The van der Waals surface area contributed by atoms with E-state index in [4.69, 9.17) is 17.3 Å². The number of benzene rings is 2. The molecular formula is C18H20ClN. The molecule has 2 heteroatoms. The summed E-state index contributed by atoms with van der Waals surface area (Å²) in [7, 11) is 0. The van der Waals surface area contributed by atoms with Crippen molar-refractivity contribution < 1.29 is 0 Å². The summed E-state index contributed by atoms with van der Waals surface area (Å²) in [6.45, 7) is 0. The zero-order valence-electron chi connectivity index (χ0n) is 11.6. The molecule has 2 aromatic carbocycles. The lowest BCUT2D eigenvalue weighted by atomic mass is 9.79. The predicted molar refractivity (Wildman–Crippen MR) is 85.1 cm³/mol. The van der Waals surface area contributed by atoms with Crippen LogP contribution >= 0.6 is 11.6 Å². The molecule has 0 radical (unpaired) electrons. The number of hydrogen-bond acceptors (Lipinski definition) is 1. The second-order valence-electron chi connectivity index (χ2n) is 5.68. The van der Waals surface area contributed by atoms with Crippen LogP contribution in [0.3, 0.4) is 0 Å². The summed E-state index contributed by atoms with van der Waals surface area (Å²) >= 11 is 5.93. The lowest BCUT2D eigenvalue weighted by Crippen LogP contribution is -2.18. The normalized spacial score (nSPS) is 19.4. The highest BCUT2D eigenvalue weighted by atomic mass is 35.5. The Morgan fingerprint density at radius 2 is 1.85 bits per heavy atom. The summed E-state index contributed by atoms with van der Waals surface area (Å²) in [5.41, 5.74) is 10.6. The van der Waals surface area contributed by atoms with Gasteiger partial charge in [0.2, 0.25) is 0 Å². The molecule has 0 saturated heterocycles. The summed E-state index contributed by atoms with van der Waals surface area (Å²) in [5.74, 6) is 0.589. The first kappa shape index (κ1) is 13.7. The van der Waals surface area contributed by atoms with E-state index in [9.17, 15) is 0 Å². The molecule has 1 aliphatic rings. The highest BCUT2D eigenvalue weighted by Gasteiger charge is 2.22. The van der Waals surface area contributed by atoms with Gasteiger partial charge >= 0.3 is 0 Å². The van der Waals surface area contributed by atoms with Crippen LogP contribution in [0.15, 0.2) is 48.5 Å². The number of fused-ring (bicyclic) bond motifs is 1. The highest BCUT2D eigenvalue weighted by Crippen LogP contribution is 2.37. The number of aryl methyl sites for hydroxylation is 1. The van der Waals surface area contributed by atoms with Crippen molar-refractivity contribution in [2.24, 2.45) is 5.73 Å². The van der Waals surface area contributed by atoms with Crippen molar-refractivity contribution in [1.82, 2.24) is 0 Å². The summed E-state index contributed by atoms with van der Waals surface area (Å²) in [6, 6.07) is 16.8. The van der Waals surface area contributed by atoms with E-state index in [0.29, 0.717) is 5.92 Å². The van der Waals surface area contributed by atoms with Crippen LogP contribution in [0.1, 0.15) is 47.9 Å². The molecule has 0 saturated carbocycles. The van der Waals surface area contributed by atoms with Gasteiger partial charge in [0.25, 0.3) is 0 Å². The standard InChI is InChI=1S/C18H20ClN/c19-16-10-8-14(9-11-16)18(20)12-15-6-3-5-13-4-1-2-7-17(13)15/h1-2,4,7-11,15,18H,3,5-6,12,20H2. The predicted octanol–water partition coefficient (Wildman–Crippen LogP) is 4.85. The maximum Gasteiger partial charge on any atom is 0.0406 e. The fourth-order valence-corrected chi connectivity index (χ4v) is 3.38. The Labute approximate surface area is 125 Å². The van der Waals surface area contributed by atoms with Crippen molar-refractivity contribution in [3.05, 3.63) is 70.2 Å². The number of hydrogen-bond donors (Lipinski definition) is 1. The SMILES string of the molecule is NC(CC1CCCc2ccccc21)c1ccc(Cl)cc1. The van der Waals surface area contributed by atoms with Gasteiger partial charge in [-0.15, -0.1) is 0 Å². The van der Waals surface area contributed by atoms with Crippen molar-refractivity contribution in [3.8, 4) is 0 Å². The van der Waals surface area contributed by atoms with E-state index in [2.05, 4.69) is 24.3 Å². The lowest BCUT2D eigenvalue weighted by Gasteiger charge is -2.27. The van der Waals surface area contributed by atoms with Gasteiger partial charge in [-0.2, -0.15) is 0 Å². The van der Waals surface area contributed by atoms with Crippen LogP contribution < -0.4 is 5.73 Å². The Morgan fingerprint density at radius 1 is 1.10 bits per heavy atom. The van der Waals surface area contributed by atoms with E-state index in [-0.39, 0.29) is 6.04 Å². The number of nitrogens with two attached hydrogens (primary N) is 1. The van der Waals surface area contributed by atoms with E-state index in [1.54, 1.807) is 0 Å². The van der Waals surface area contributed by atoms with Crippen molar-refractivity contribution in [3.63, 3.8) is 0 Å². The van der Waals surface area contributed by atoms with Crippen LogP contribution in [0.25, 0.3) is 0 Å². The van der Waals surface area contributed by atoms with Gasteiger partial charge < -0.3 is 5.73 Å². The Hall–Kier alpha value is -1.31. The summed E-state index contributed by atoms with van der Waals surface area (Å²) < 4.78 is 0. The first-order chi connectivity index (χ1) is 9.74. The average molecular weight is 286 g/mol. The molecule has 20 heavy (non-hydrogen) atoms. The minimum atomic E-state index is 0.0865. The zero-order chi connectivity index (χ0) is 13.9. The minimum absolute atomic E-state index is 0.0865. The fourth-order valence-electron chi connectivity index (χ4n) is 3.25. The summed E-state index contributed by atoms with van der Waals surface area (Å²) in [4.78, 5) is 0. The molecule has 0 fully saturated rings. The van der Waals surface area contributed by atoms with Gasteiger partial charge in [0.1, 0.15) is 0 Å². The van der Waals surface area contributed by atoms with Gasteiger partial charge in [0.05, 0.1) is 0 Å². The van der Waals surface area contributed by atoms with Crippen LogP contribution in [-0.2, 0) is 6.42 Å². The van der Waals surface area contributed by atoms with Crippen molar-refractivity contribution in [1.29, 1.82) is 0 Å². The monoisotopic (exact) mass is 285 g/mol. The summed E-state index contributed by atoms with van der Waals surface area (Å²) in [6.07, 6.45) is 4.74. The van der Waals surface area contributed by atoms with Crippen LogP contribution in [-0.4, -0.2) is 0 Å². The molecule has 0 aliphatic heterocycles. The van der Waals surface area contributed by atoms with Crippen molar-refractivity contribution in [2.75, 3.05) is 0 Å². The molecule has 0 amide bonds. The second kappa shape index (κ2) is 5.99. The maximum absolute atomic E-state index is 6.39. The quantitative estimate of drug-likeness (QED) is 0.857. The van der Waals surface area contributed by atoms with Crippen LogP contribution in [0.5, 0.6) is 0 Å². The fraction of sp³-hybridized carbons (Fsp3) is 0.333. The first-order valence-corrected chi connectivity index (χ1v) is 7.70. The van der Waals surface area contributed by atoms with E-state index in [0.717, 1.165) is 11.4 Å². The Morgan fingerprint density at radius 3 is 2.65 bits per heavy atom. The topological polar surface area (TPSA) is 26.0 Å². The van der Waals surface area contributed by atoms with Gasteiger partial charge in [0, 0.05) is 11.1 Å². The van der Waals surface area contributed by atoms with E-state index >= 15 is 0 Å². The molecule has 1 nitrogen and oxygen atoms in total. The first-order valence-electron chi connectivity index (χ1n) is 7.33. The molecule has 104 valence electrons. The smallest absolute Gasteiger partial charge is 0.0406 e. The van der Waals surface area contributed by atoms with Crippen molar-refractivity contribution in [2.45, 2.75) is 37.6 Å².